The van der Waals surface area contributed by atoms with E-state index in [2.05, 4.69) is 4.18 Å². The Hall–Kier alpha value is -11.1. The maximum Gasteiger partial charge on any atom is 0.534 e. The second-order valence-corrected chi connectivity index (χ2v) is 63.0. The largest absolute Gasteiger partial charge is 0.534 e. The maximum absolute atomic E-state index is 14.0. The summed E-state index contributed by atoms with van der Waals surface area (Å²) in [7, 11) is -1.33. The summed E-state index contributed by atoms with van der Waals surface area (Å²) in [5.41, 5.74) is 0.465. The minimum Gasteiger partial charge on any atom is -0.507 e. The normalized spacial score (nSPS) is 19.7. The van der Waals surface area contributed by atoms with Gasteiger partial charge in [0.25, 0.3) is 0 Å². The Balaban J connectivity index is 0.000000166. The van der Waals surface area contributed by atoms with Gasteiger partial charge in [-0.15, -0.1) is 0 Å². The quantitative estimate of drug-likeness (QED) is 0.0421. The van der Waals surface area contributed by atoms with E-state index >= 15 is 0 Å². The van der Waals surface area contributed by atoms with Crippen LogP contribution in [-0.2, 0) is 37.5 Å². The first-order valence-corrected chi connectivity index (χ1v) is 58.6. The molecule has 790 valence electrons. The number of halogens is 3. The molecule has 0 aromatic heterocycles. The van der Waals surface area contributed by atoms with Crippen LogP contribution in [0, 0.1) is 0 Å². The molecule has 16 rings (SSSR count). The summed E-state index contributed by atoms with van der Waals surface area (Å²) >= 11 is 0. The average molecular weight is 2150 g/mol. The lowest BCUT2D eigenvalue weighted by Gasteiger charge is -2.28. The van der Waals surface area contributed by atoms with E-state index in [0.717, 1.165) is 71.8 Å². The summed E-state index contributed by atoms with van der Waals surface area (Å²) in [6.45, 7) is 34.4. The molecule has 0 aliphatic carbocycles. The lowest BCUT2D eigenvalue weighted by atomic mass is 10.0. The molecule has 145 heavy (non-hydrogen) atoms. The molecule has 10 aromatic rings. The fourth-order valence-corrected chi connectivity index (χ4v) is 32.7. The molecule has 0 bridgehead atoms. The molecule has 0 radical (unpaired) electrons. The number of phenolic OH excluding ortho intramolecular Hbond substituents is 1. The standard InChI is InChI=1S/4C20H25O5P.C13H16F3O6PS.C12H17O4P/c4*1-20(2,3)26(21)12-25-17-11-13(22-4)10-14(19(17)26)18-15(23-5)8-7-9-16(18)24-6;1-12(2,3)23(17)7-21-9-5-8(20-4)6-10(11(9)23)22-24(18,19)13(14,15)16;1-12(2,3)17(14)7-16-10-6-8(15-4)5-9(13)11(10)17/h4*7-11H,12H2,1-6H3;5-6H,7H2,1-4H3;5-6,13H,7H2,1-4H3. The molecular formula is C105H133F3O30P6S. The minimum absolute atomic E-state index is 0.00453. The number of hydrogen-bond acceptors (Lipinski definition) is 30. The molecule has 6 atom stereocenters. The van der Waals surface area contributed by atoms with Crippen molar-refractivity contribution < 1.29 is 153 Å². The van der Waals surface area contributed by atoms with Gasteiger partial charge in [0, 0.05) is 102 Å². The van der Waals surface area contributed by atoms with E-state index in [1.807, 2.05) is 201 Å². The number of fused-ring (bicyclic) bond motifs is 6. The van der Waals surface area contributed by atoms with Gasteiger partial charge >= 0.3 is 15.6 Å². The van der Waals surface area contributed by atoms with Crippen molar-refractivity contribution in [3.63, 3.8) is 0 Å². The van der Waals surface area contributed by atoms with Crippen molar-refractivity contribution in [3.05, 3.63) is 146 Å². The van der Waals surface area contributed by atoms with Crippen LogP contribution in [0.2, 0.25) is 0 Å². The molecule has 30 nitrogen and oxygen atoms in total. The van der Waals surface area contributed by atoms with Crippen molar-refractivity contribution in [1.29, 1.82) is 0 Å². The van der Waals surface area contributed by atoms with Crippen molar-refractivity contribution in [2.24, 2.45) is 0 Å². The third-order valence-electron chi connectivity index (χ3n) is 26.0. The number of ether oxygens (including phenoxy) is 20. The first kappa shape index (κ1) is 114. The fraction of sp³-hybridized carbons (Fsp3) is 0.429. The van der Waals surface area contributed by atoms with Gasteiger partial charge in [-0.05, 0) is 72.8 Å². The van der Waals surface area contributed by atoms with E-state index in [9.17, 15) is 54.1 Å². The van der Waals surface area contributed by atoms with E-state index in [4.69, 9.17) is 94.7 Å². The fourth-order valence-electron chi connectivity index (χ4n) is 17.0. The molecule has 40 heteroatoms. The Kier molecular flexibility index (Phi) is 33.9. The molecule has 1 N–H and O–H groups in total. The second-order valence-electron chi connectivity index (χ2n) is 40.3. The first-order valence-electron chi connectivity index (χ1n) is 45.8. The molecule has 6 aliphatic rings. The molecule has 6 heterocycles. The third-order valence-corrected chi connectivity index (χ3v) is 50.0. The van der Waals surface area contributed by atoms with E-state index in [0.29, 0.717) is 109 Å². The van der Waals surface area contributed by atoms with Gasteiger partial charge in [-0.25, -0.2) is 0 Å². The SMILES string of the molecule is COc1cc(O)c2c(c1)OCP2(=O)C(C)(C)C.COc1cc2c(c(-c3c(OC)cccc3OC)c1)P(=O)(C(C)(C)C)CO2.COc1cc2c(c(-c3c(OC)cccc3OC)c1)P(=O)(C(C)(C)C)CO2.COc1cc2c(c(-c3c(OC)cccc3OC)c1)P(=O)(C(C)(C)C)CO2.COc1cc2c(c(-c3c(OC)cccc3OC)c1)P(=O)(C(C)(C)C)CO2.COc1cc2c(c(OS(=O)(=O)C(F)(F)F)c1)P(=O)(C(C)(C)C)CO2. The molecule has 0 fully saturated rings. The Morgan fingerprint density at radius 1 is 0.248 bits per heavy atom. The predicted octanol–water partition coefficient (Wildman–Crippen LogP) is 23.7. The first-order chi connectivity index (χ1) is 67.6. The lowest BCUT2D eigenvalue weighted by molar-refractivity contribution is -0.0500. The van der Waals surface area contributed by atoms with Gasteiger partial charge in [-0.1, -0.05) is 149 Å². The van der Waals surface area contributed by atoms with E-state index < -0.39 is 95.2 Å². The highest BCUT2D eigenvalue weighted by Gasteiger charge is 2.56. The van der Waals surface area contributed by atoms with Gasteiger partial charge in [0.05, 0.1) is 148 Å². The van der Waals surface area contributed by atoms with Gasteiger partial charge in [0.1, 0.15) is 164 Å². The highest BCUT2D eigenvalue weighted by molar-refractivity contribution is 7.88. The van der Waals surface area contributed by atoms with Crippen LogP contribution in [0.4, 0.5) is 13.2 Å². The second kappa shape index (κ2) is 43.0. The van der Waals surface area contributed by atoms with Gasteiger partial charge < -0.3 is 131 Å². The maximum atomic E-state index is 14.0. The van der Waals surface area contributed by atoms with Crippen LogP contribution in [0.15, 0.2) is 146 Å². The van der Waals surface area contributed by atoms with E-state index in [-0.39, 0.29) is 60.6 Å². The number of hydrogen-bond donors (Lipinski definition) is 1. The highest BCUT2D eigenvalue weighted by atomic mass is 32.2. The molecular weight excluding hydrogens is 2020 g/mol. The van der Waals surface area contributed by atoms with E-state index in [1.165, 1.54) is 26.4 Å². The van der Waals surface area contributed by atoms with Crippen LogP contribution in [0.1, 0.15) is 125 Å². The molecule has 0 saturated carbocycles. The molecule has 0 spiro atoms. The smallest absolute Gasteiger partial charge is 0.507 e. The predicted molar refractivity (Wildman–Crippen MR) is 564 cm³/mol. The van der Waals surface area contributed by atoms with Gasteiger partial charge in [0.15, 0.2) is 48.6 Å². The number of benzene rings is 10. The molecule has 6 unspecified atom stereocenters. The van der Waals surface area contributed by atoms with Crippen LogP contribution in [0.25, 0.3) is 44.5 Å². The van der Waals surface area contributed by atoms with Gasteiger partial charge in [0.2, 0.25) is 0 Å². The summed E-state index contributed by atoms with van der Waals surface area (Å²) in [4.78, 5) is 0. The zero-order chi connectivity index (χ0) is 108. The van der Waals surface area contributed by atoms with Crippen molar-refractivity contribution in [3.8, 4) is 171 Å². The zero-order valence-electron chi connectivity index (χ0n) is 88.1. The Morgan fingerprint density at radius 2 is 0.421 bits per heavy atom. The van der Waals surface area contributed by atoms with E-state index in [1.54, 1.807) is 136 Å². The summed E-state index contributed by atoms with van der Waals surface area (Å²) < 4.78 is 258. The zero-order valence-corrected chi connectivity index (χ0v) is 94.3. The Bertz CT molecular complexity index is 6280. The van der Waals surface area contributed by atoms with Crippen LogP contribution >= 0.6 is 42.9 Å². The van der Waals surface area contributed by atoms with Crippen molar-refractivity contribution in [2.45, 2.75) is 161 Å². The number of rotatable bonds is 20. The Morgan fingerprint density at radius 3 is 0.607 bits per heavy atom. The van der Waals surface area contributed by atoms with Crippen molar-refractivity contribution in [2.75, 3.05) is 138 Å². The molecule has 6 aliphatic heterocycles. The van der Waals surface area contributed by atoms with Crippen LogP contribution < -0.4 is 131 Å². The van der Waals surface area contributed by atoms with Crippen LogP contribution in [0.3, 0.4) is 0 Å². The lowest BCUT2D eigenvalue weighted by Crippen LogP contribution is -2.30. The van der Waals surface area contributed by atoms with Crippen LogP contribution in [-0.4, -0.2) is 188 Å². The topological polar surface area (TPSA) is 351 Å². The number of methoxy groups -OCH3 is 14. The number of aromatic hydroxyl groups is 1. The van der Waals surface area contributed by atoms with Gasteiger partial charge in [-0.3, -0.25) is 0 Å². The van der Waals surface area contributed by atoms with Crippen LogP contribution in [0.5, 0.6) is 126 Å². The van der Waals surface area contributed by atoms with Gasteiger partial charge in [-0.2, -0.15) is 21.6 Å². The molecule has 0 amide bonds. The highest BCUT2D eigenvalue weighted by Crippen LogP contribution is 2.71. The number of alkyl halides is 3. The minimum atomic E-state index is -5.93. The molecule has 0 saturated heterocycles. The van der Waals surface area contributed by atoms with Crippen molar-refractivity contribution >= 4 is 84.8 Å². The summed E-state index contributed by atoms with van der Waals surface area (Å²) in [5.74, 6) is 10.4. The average Bonchev–Trinajstić information content (AvgIpc) is 1.53. The Labute approximate surface area is 848 Å². The third kappa shape index (κ3) is 21.6. The summed E-state index contributed by atoms with van der Waals surface area (Å²) in [6, 6.07) is 42.5. The monoisotopic (exact) mass is 2150 g/mol. The summed E-state index contributed by atoms with van der Waals surface area (Å²) in [6.07, 6.45) is 0.619. The van der Waals surface area contributed by atoms with Crippen molar-refractivity contribution in [1.82, 2.24) is 0 Å². The molecule has 10 aromatic carbocycles. The number of phenols is 1. The summed E-state index contributed by atoms with van der Waals surface area (Å²) in [5, 5.41) is 10.2.